The molecule has 0 fully saturated rings. The maximum Gasteiger partial charge on any atom is 0.258 e. The first-order valence-electron chi connectivity index (χ1n) is 10.9. The average Bonchev–Trinajstić information content (AvgIpc) is 2.87. The number of nitrogens with zero attached hydrogens (tertiary/aromatic N) is 2. The van der Waals surface area contributed by atoms with Gasteiger partial charge in [-0.05, 0) is 42.5 Å². The largest absolute Gasteiger partial charge is 0.345 e. The lowest BCUT2D eigenvalue weighted by molar-refractivity contribution is 0.0993. The molecule has 0 atom stereocenters. The summed E-state index contributed by atoms with van der Waals surface area (Å²) in [5, 5.41) is 0. The van der Waals surface area contributed by atoms with Crippen molar-refractivity contribution in [3.63, 3.8) is 0 Å². The van der Waals surface area contributed by atoms with Gasteiger partial charge < -0.3 is 9.80 Å². The van der Waals surface area contributed by atoms with E-state index in [4.69, 9.17) is 0 Å². The van der Waals surface area contributed by atoms with Crippen LogP contribution < -0.4 is 9.80 Å². The molecule has 0 aliphatic heterocycles. The molecule has 0 saturated carbocycles. The van der Waals surface area contributed by atoms with Crippen LogP contribution in [0.3, 0.4) is 0 Å². The number of anilines is 3. The second-order valence-corrected chi connectivity index (χ2v) is 5.64. The summed E-state index contributed by atoms with van der Waals surface area (Å²) in [7, 11) is 3.82. The number of para-hydroxylation sites is 1. The van der Waals surface area contributed by atoms with E-state index in [1.54, 1.807) is 11.9 Å². The van der Waals surface area contributed by atoms with Gasteiger partial charge in [0.2, 0.25) is 0 Å². The zero-order valence-electron chi connectivity index (χ0n) is 20.5. The zero-order chi connectivity index (χ0) is 22.9. The summed E-state index contributed by atoms with van der Waals surface area (Å²) in [6.07, 6.45) is 0. The molecule has 31 heavy (non-hydrogen) atoms. The predicted molar refractivity (Wildman–Crippen MR) is 140 cm³/mol. The quantitative estimate of drug-likeness (QED) is 0.412. The number of hydrogen-bond acceptors (Lipinski definition) is 2. The van der Waals surface area contributed by atoms with Gasteiger partial charge in [-0.2, -0.15) is 0 Å². The molecule has 0 unspecified atom stereocenters. The Morgan fingerprint density at radius 1 is 0.581 bits per heavy atom. The fourth-order valence-electron chi connectivity index (χ4n) is 2.60. The Labute approximate surface area is 192 Å². The standard InChI is InChI=1S/C21H20N2O.3C2H6.B/c1-22(18-12-7-4-8-13-18)19-14-9-15-20(16-19)23(2)21(24)17-10-5-3-6-11-17;3*1-2;/h3-16H,1-2H3;3*1-2H3;. The highest BCUT2D eigenvalue weighted by Gasteiger charge is 2.14. The maximum absolute atomic E-state index is 12.6. The molecule has 0 aromatic heterocycles. The number of amides is 1. The van der Waals surface area contributed by atoms with E-state index in [9.17, 15) is 4.79 Å². The molecular formula is C27H38BN2O. The van der Waals surface area contributed by atoms with Gasteiger partial charge in [0, 0.05) is 45.1 Å². The van der Waals surface area contributed by atoms with Crippen molar-refractivity contribution in [2.75, 3.05) is 23.9 Å². The van der Waals surface area contributed by atoms with Crippen LogP contribution in [0.15, 0.2) is 84.9 Å². The van der Waals surface area contributed by atoms with Crippen molar-refractivity contribution >= 4 is 31.4 Å². The Hall–Kier alpha value is -3.01. The van der Waals surface area contributed by atoms with Crippen LogP contribution in [-0.4, -0.2) is 28.4 Å². The molecule has 1 amide bonds. The molecule has 165 valence electrons. The number of rotatable bonds is 4. The number of carbonyl (C=O) groups excluding carboxylic acids is 1. The first-order valence-corrected chi connectivity index (χ1v) is 10.9. The third-order valence-corrected chi connectivity index (χ3v) is 4.07. The van der Waals surface area contributed by atoms with Crippen molar-refractivity contribution in [2.24, 2.45) is 0 Å². The summed E-state index contributed by atoms with van der Waals surface area (Å²) in [6.45, 7) is 12.0. The Morgan fingerprint density at radius 2 is 1.00 bits per heavy atom. The van der Waals surface area contributed by atoms with Crippen LogP contribution >= 0.6 is 0 Å². The normalized spacial score (nSPS) is 8.52. The average molecular weight is 417 g/mol. The third-order valence-electron chi connectivity index (χ3n) is 4.07. The minimum absolute atomic E-state index is 0. The lowest BCUT2D eigenvalue weighted by Crippen LogP contribution is -2.26. The molecule has 0 heterocycles. The topological polar surface area (TPSA) is 23.6 Å². The number of hydrogen-bond donors (Lipinski definition) is 0. The Kier molecular flexibility index (Phi) is 17.4. The Bertz CT molecular complexity index is 823. The van der Waals surface area contributed by atoms with E-state index in [-0.39, 0.29) is 14.3 Å². The second-order valence-electron chi connectivity index (χ2n) is 5.64. The molecule has 3 rings (SSSR count). The van der Waals surface area contributed by atoms with Crippen LogP contribution in [0.4, 0.5) is 17.1 Å². The summed E-state index contributed by atoms with van der Waals surface area (Å²) in [5.74, 6) is -0.0184. The predicted octanol–water partition coefficient (Wildman–Crippen LogP) is 7.43. The van der Waals surface area contributed by atoms with E-state index < -0.39 is 0 Å². The Morgan fingerprint density at radius 3 is 1.52 bits per heavy atom. The van der Waals surface area contributed by atoms with E-state index in [0.717, 1.165) is 17.1 Å². The molecule has 3 aromatic rings. The maximum atomic E-state index is 12.6. The summed E-state index contributed by atoms with van der Waals surface area (Å²) >= 11 is 0. The van der Waals surface area contributed by atoms with E-state index >= 15 is 0 Å². The van der Waals surface area contributed by atoms with Gasteiger partial charge in [-0.15, -0.1) is 0 Å². The summed E-state index contributed by atoms with van der Waals surface area (Å²) in [5.41, 5.74) is 3.68. The molecule has 0 saturated heterocycles. The van der Waals surface area contributed by atoms with Crippen LogP contribution in [0, 0.1) is 0 Å². The first kappa shape index (κ1) is 30.2. The van der Waals surface area contributed by atoms with Crippen LogP contribution in [0.1, 0.15) is 51.9 Å². The molecule has 3 radical (unpaired) electrons. The van der Waals surface area contributed by atoms with Gasteiger partial charge in [-0.3, -0.25) is 4.79 Å². The monoisotopic (exact) mass is 417 g/mol. The van der Waals surface area contributed by atoms with Crippen molar-refractivity contribution < 1.29 is 4.79 Å². The highest BCUT2D eigenvalue weighted by molar-refractivity contribution is 6.05. The van der Waals surface area contributed by atoms with Crippen LogP contribution in [0.2, 0.25) is 0 Å². The van der Waals surface area contributed by atoms with Gasteiger partial charge in [0.1, 0.15) is 0 Å². The Balaban J connectivity index is 0. The number of benzene rings is 3. The highest BCUT2D eigenvalue weighted by Crippen LogP contribution is 2.27. The van der Waals surface area contributed by atoms with Crippen molar-refractivity contribution in [1.29, 1.82) is 0 Å². The third kappa shape index (κ3) is 9.12. The first-order chi connectivity index (χ1) is 14.7. The van der Waals surface area contributed by atoms with E-state index in [1.807, 2.05) is 121 Å². The van der Waals surface area contributed by atoms with E-state index in [1.165, 1.54) is 0 Å². The molecule has 0 aliphatic carbocycles. The molecule has 3 nitrogen and oxygen atoms in total. The molecule has 4 heteroatoms. The van der Waals surface area contributed by atoms with Gasteiger partial charge in [0.25, 0.3) is 5.91 Å². The highest BCUT2D eigenvalue weighted by atomic mass is 16.2. The fourth-order valence-corrected chi connectivity index (χ4v) is 2.60. The lowest BCUT2D eigenvalue weighted by Gasteiger charge is -2.23. The van der Waals surface area contributed by atoms with Crippen LogP contribution in [0.5, 0.6) is 0 Å². The SMILES string of the molecule is CC.CC.CC.CN(C(=O)c1ccccc1)c1cccc(N(C)c2ccccc2)c1.[B]. The minimum atomic E-state index is -0.0184. The summed E-state index contributed by atoms with van der Waals surface area (Å²) in [6, 6.07) is 27.5. The molecular weight excluding hydrogens is 379 g/mol. The van der Waals surface area contributed by atoms with Gasteiger partial charge in [0.15, 0.2) is 0 Å². The molecule has 0 N–H and O–H groups in total. The smallest absolute Gasteiger partial charge is 0.258 e. The molecule has 3 aromatic carbocycles. The fraction of sp³-hybridized carbons (Fsp3) is 0.296. The molecule has 0 spiro atoms. The van der Waals surface area contributed by atoms with Crippen LogP contribution in [-0.2, 0) is 0 Å². The van der Waals surface area contributed by atoms with Crippen molar-refractivity contribution in [3.05, 3.63) is 90.5 Å². The summed E-state index contributed by atoms with van der Waals surface area (Å²) < 4.78 is 0. The lowest BCUT2D eigenvalue weighted by atomic mass is 10.1. The second kappa shape index (κ2) is 17.8. The van der Waals surface area contributed by atoms with Crippen molar-refractivity contribution in [1.82, 2.24) is 0 Å². The zero-order valence-corrected chi connectivity index (χ0v) is 20.5. The molecule has 0 aliphatic rings. The van der Waals surface area contributed by atoms with Crippen LogP contribution in [0.25, 0.3) is 0 Å². The van der Waals surface area contributed by atoms with Gasteiger partial charge in [-0.1, -0.05) is 84.0 Å². The van der Waals surface area contributed by atoms with Gasteiger partial charge in [0.05, 0.1) is 0 Å². The summed E-state index contributed by atoms with van der Waals surface area (Å²) in [4.78, 5) is 16.4. The van der Waals surface area contributed by atoms with Gasteiger partial charge >= 0.3 is 0 Å². The number of carbonyl (C=O) groups is 1. The minimum Gasteiger partial charge on any atom is -0.345 e. The van der Waals surface area contributed by atoms with E-state index in [2.05, 4.69) is 17.0 Å². The van der Waals surface area contributed by atoms with Gasteiger partial charge in [-0.25, -0.2) is 0 Å². The molecule has 0 bridgehead atoms. The van der Waals surface area contributed by atoms with Crippen molar-refractivity contribution in [2.45, 2.75) is 41.5 Å². The van der Waals surface area contributed by atoms with E-state index in [0.29, 0.717) is 5.56 Å². The van der Waals surface area contributed by atoms with Crippen molar-refractivity contribution in [3.8, 4) is 0 Å².